The summed E-state index contributed by atoms with van der Waals surface area (Å²) in [5.74, 6) is 0. The number of sulfonamides is 1. The fourth-order valence-electron chi connectivity index (χ4n) is 1.94. The summed E-state index contributed by atoms with van der Waals surface area (Å²) in [5, 5.41) is 6.45. The van der Waals surface area contributed by atoms with E-state index in [9.17, 15) is 13.2 Å². The van der Waals surface area contributed by atoms with Crippen LogP contribution in [0.4, 0.5) is 4.79 Å². The Morgan fingerprint density at radius 2 is 1.85 bits per heavy atom. The third-order valence-electron chi connectivity index (χ3n) is 2.96. The van der Waals surface area contributed by atoms with Crippen LogP contribution in [0.25, 0.3) is 0 Å². The summed E-state index contributed by atoms with van der Waals surface area (Å²) in [6.45, 7) is 8.68. The van der Waals surface area contributed by atoms with Crippen LogP contribution in [0.3, 0.4) is 0 Å². The minimum Gasteiger partial charge on any atom is -0.443 e. The second kappa shape index (κ2) is 6.28. The Morgan fingerprint density at radius 1 is 1.30 bits per heavy atom. The molecule has 0 aromatic rings. The molecule has 1 fully saturated rings. The van der Waals surface area contributed by atoms with Gasteiger partial charge in [-0.3, -0.25) is 0 Å². The maximum atomic E-state index is 12.1. The number of rotatable bonds is 3. The van der Waals surface area contributed by atoms with Crippen LogP contribution in [0.2, 0.25) is 0 Å². The minimum absolute atomic E-state index is 0.0575. The molecule has 0 spiro atoms. The van der Waals surface area contributed by atoms with Gasteiger partial charge in [-0.1, -0.05) is 0 Å². The first kappa shape index (κ1) is 17.2. The van der Waals surface area contributed by atoms with Crippen LogP contribution in [-0.2, 0) is 14.8 Å². The number of piperazine rings is 1. The van der Waals surface area contributed by atoms with E-state index in [-0.39, 0.29) is 18.6 Å². The van der Waals surface area contributed by atoms with Gasteiger partial charge in [0, 0.05) is 25.2 Å². The van der Waals surface area contributed by atoms with E-state index in [1.165, 1.54) is 0 Å². The topological polar surface area (TPSA) is 87.7 Å². The molecule has 0 bridgehead atoms. The van der Waals surface area contributed by atoms with Gasteiger partial charge in [-0.25, -0.2) is 17.5 Å². The number of carbonyl (C=O) groups is 1. The zero-order chi connectivity index (χ0) is 15.6. The standard InChI is InChI=1S/C12H25N3O4S/c1-9-10(14-7-6-13-9)8-15(20(5,17)18)11(16)19-12(2,3)4/h9-10,13-14H,6-8H2,1-5H3. The zero-order valence-electron chi connectivity index (χ0n) is 12.8. The Balaban J connectivity index is 2.82. The van der Waals surface area contributed by atoms with Crippen LogP contribution < -0.4 is 10.6 Å². The van der Waals surface area contributed by atoms with Crippen molar-refractivity contribution in [1.29, 1.82) is 0 Å². The average molecular weight is 307 g/mol. The molecule has 2 N–H and O–H groups in total. The van der Waals surface area contributed by atoms with E-state index in [1.807, 2.05) is 6.92 Å². The van der Waals surface area contributed by atoms with E-state index < -0.39 is 21.7 Å². The van der Waals surface area contributed by atoms with Crippen LogP contribution in [0.15, 0.2) is 0 Å². The number of hydrogen-bond donors (Lipinski definition) is 2. The van der Waals surface area contributed by atoms with Crippen LogP contribution in [0.5, 0.6) is 0 Å². The van der Waals surface area contributed by atoms with Gasteiger partial charge in [0.1, 0.15) is 5.60 Å². The fourth-order valence-corrected chi connectivity index (χ4v) is 2.68. The van der Waals surface area contributed by atoms with Crippen molar-refractivity contribution in [2.75, 3.05) is 25.9 Å². The molecule has 0 aromatic heterocycles. The second-order valence-corrected chi connectivity index (χ2v) is 7.98. The SMILES string of the molecule is CC1NCCNC1CN(C(=O)OC(C)(C)C)S(C)(=O)=O. The quantitative estimate of drug-likeness (QED) is 0.771. The van der Waals surface area contributed by atoms with Crippen LogP contribution >= 0.6 is 0 Å². The lowest BCUT2D eigenvalue weighted by Crippen LogP contribution is -2.60. The van der Waals surface area contributed by atoms with Gasteiger partial charge in [-0.15, -0.1) is 0 Å². The van der Waals surface area contributed by atoms with Gasteiger partial charge in [0.25, 0.3) is 0 Å². The van der Waals surface area contributed by atoms with E-state index in [2.05, 4.69) is 10.6 Å². The van der Waals surface area contributed by atoms with Crippen LogP contribution in [0.1, 0.15) is 27.7 Å². The maximum absolute atomic E-state index is 12.1. The summed E-state index contributed by atoms with van der Waals surface area (Å²) in [7, 11) is -3.67. The molecule has 118 valence electrons. The average Bonchev–Trinajstić information content (AvgIpc) is 2.23. The molecule has 7 nitrogen and oxygen atoms in total. The molecular weight excluding hydrogens is 282 g/mol. The van der Waals surface area contributed by atoms with E-state index in [0.717, 1.165) is 23.7 Å². The maximum Gasteiger partial charge on any atom is 0.424 e. The molecule has 1 amide bonds. The Kier molecular flexibility index (Phi) is 5.39. The summed E-state index contributed by atoms with van der Waals surface area (Å²) in [5.41, 5.74) is -0.732. The number of nitrogens with zero attached hydrogens (tertiary/aromatic N) is 1. The van der Waals surface area contributed by atoms with Gasteiger partial charge in [0.05, 0.1) is 12.8 Å². The van der Waals surface area contributed by atoms with Crippen molar-refractivity contribution in [3.8, 4) is 0 Å². The molecule has 8 heteroatoms. The molecule has 0 aliphatic carbocycles. The van der Waals surface area contributed by atoms with E-state index in [1.54, 1.807) is 20.8 Å². The lowest BCUT2D eigenvalue weighted by molar-refractivity contribution is 0.0374. The first-order valence-corrected chi connectivity index (χ1v) is 8.53. The smallest absolute Gasteiger partial charge is 0.424 e. The number of hydrogen-bond acceptors (Lipinski definition) is 6. The largest absolute Gasteiger partial charge is 0.443 e. The summed E-state index contributed by atoms with van der Waals surface area (Å²) < 4.78 is 29.6. The highest BCUT2D eigenvalue weighted by molar-refractivity contribution is 7.88. The molecule has 1 rings (SSSR count). The highest BCUT2D eigenvalue weighted by atomic mass is 32.2. The lowest BCUT2D eigenvalue weighted by Gasteiger charge is -2.35. The normalized spacial score (nSPS) is 24.2. The van der Waals surface area contributed by atoms with Crippen molar-refractivity contribution in [3.63, 3.8) is 0 Å². The van der Waals surface area contributed by atoms with Gasteiger partial charge in [0.15, 0.2) is 0 Å². The summed E-state index contributed by atoms with van der Waals surface area (Å²) in [6.07, 6.45) is 0.178. The van der Waals surface area contributed by atoms with Gasteiger partial charge in [-0.2, -0.15) is 0 Å². The number of amides is 1. The van der Waals surface area contributed by atoms with Crippen molar-refractivity contribution < 1.29 is 17.9 Å². The van der Waals surface area contributed by atoms with Crippen molar-refractivity contribution in [3.05, 3.63) is 0 Å². The zero-order valence-corrected chi connectivity index (χ0v) is 13.6. The third-order valence-corrected chi connectivity index (χ3v) is 4.06. The minimum atomic E-state index is -3.67. The van der Waals surface area contributed by atoms with Crippen LogP contribution in [-0.4, -0.2) is 62.4 Å². The second-order valence-electron chi connectivity index (χ2n) is 6.08. The first-order chi connectivity index (χ1) is 9.00. The molecule has 2 atom stereocenters. The number of nitrogens with one attached hydrogen (secondary N) is 2. The van der Waals surface area contributed by atoms with Gasteiger partial charge in [0.2, 0.25) is 10.0 Å². The molecule has 20 heavy (non-hydrogen) atoms. The molecule has 1 aliphatic rings. The van der Waals surface area contributed by atoms with Crippen molar-refractivity contribution in [2.45, 2.75) is 45.4 Å². The monoisotopic (exact) mass is 307 g/mol. The Bertz CT molecular complexity index is 444. The third kappa shape index (κ3) is 5.26. The first-order valence-electron chi connectivity index (χ1n) is 6.68. The highest BCUT2D eigenvalue weighted by Gasteiger charge is 2.33. The predicted molar refractivity (Wildman–Crippen MR) is 77.0 cm³/mol. The summed E-state index contributed by atoms with van der Waals surface area (Å²) in [6, 6.07) is -0.0542. The molecule has 0 aromatic carbocycles. The summed E-state index contributed by atoms with van der Waals surface area (Å²) in [4.78, 5) is 12.1. The van der Waals surface area contributed by atoms with E-state index in [0.29, 0.717) is 0 Å². The van der Waals surface area contributed by atoms with Crippen LogP contribution in [0, 0.1) is 0 Å². The Labute approximate surface area is 121 Å². The molecule has 2 unspecified atom stereocenters. The number of ether oxygens (including phenoxy) is 1. The molecule has 1 heterocycles. The van der Waals surface area contributed by atoms with Gasteiger partial charge in [-0.05, 0) is 27.7 Å². The van der Waals surface area contributed by atoms with Gasteiger partial charge >= 0.3 is 6.09 Å². The lowest BCUT2D eigenvalue weighted by atomic mass is 10.1. The predicted octanol–water partition coefficient (Wildman–Crippen LogP) is 0.133. The summed E-state index contributed by atoms with van der Waals surface area (Å²) >= 11 is 0. The fraction of sp³-hybridized carbons (Fsp3) is 0.917. The molecule has 0 radical (unpaired) electrons. The van der Waals surface area contributed by atoms with Crippen molar-refractivity contribution in [2.24, 2.45) is 0 Å². The highest BCUT2D eigenvalue weighted by Crippen LogP contribution is 2.13. The molecular formula is C12H25N3O4S. The van der Waals surface area contributed by atoms with Crippen molar-refractivity contribution >= 4 is 16.1 Å². The molecule has 1 aliphatic heterocycles. The Morgan fingerprint density at radius 3 is 2.30 bits per heavy atom. The van der Waals surface area contributed by atoms with Gasteiger partial charge < -0.3 is 15.4 Å². The number of carbonyl (C=O) groups excluding carboxylic acids is 1. The molecule has 0 saturated carbocycles. The van der Waals surface area contributed by atoms with Crippen molar-refractivity contribution in [1.82, 2.24) is 14.9 Å². The van der Waals surface area contributed by atoms with E-state index >= 15 is 0 Å². The van der Waals surface area contributed by atoms with E-state index in [4.69, 9.17) is 4.74 Å². The Hall–Kier alpha value is -0.860. The molecule has 1 saturated heterocycles.